The van der Waals surface area contributed by atoms with Crippen LogP contribution < -0.4 is 10.6 Å². The molecule has 2 aromatic carbocycles. The maximum atomic E-state index is 12.8. The van der Waals surface area contributed by atoms with Crippen molar-refractivity contribution >= 4 is 29.5 Å². The lowest BCUT2D eigenvalue weighted by molar-refractivity contribution is -0.117. The molecule has 0 saturated heterocycles. The average molecular weight is 423 g/mol. The van der Waals surface area contributed by atoms with Crippen LogP contribution in [0.1, 0.15) is 27.9 Å². The zero-order chi connectivity index (χ0) is 21.3. The van der Waals surface area contributed by atoms with Gasteiger partial charge in [0, 0.05) is 36.1 Å². The molecule has 0 radical (unpaired) electrons. The molecule has 0 bridgehead atoms. The van der Waals surface area contributed by atoms with E-state index in [1.54, 1.807) is 55.0 Å². The van der Waals surface area contributed by atoms with Gasteiger partial charge in [-0.05, 0) is 49.2 Å². The van der Waals surface area contributed by atoms with Gasteiger partial charge in [-0.2, -0.15) is 0 Å². The van der Waals surface area contributed by atoms with Crippen LogP contribution in [-0.2, 0) is 11.3 Å². The summed E-state index contributed by atoms with van der Waals surface area (Å²) in [5.74, 6) is -0.695. The second kappa shape index (κ2) is 10.4. The van der Waals surface area contributed by atoms with Crippen molar-refractivity contribution in [2.45, 2.75) is 19.9 Å². The predicted octanol–water partition coefficient (Wildman–Crippen LogP) is 3.82. The van der Waals surface area contributed by atoms with Gasteiger partial charge in [-0.15, -0.1) is 0 Å². The fourth-order valence-electron chi connectivity index (χ4n) is 2.76. The zero-order valence-electron chi connectivity index (χ0n) is 16.6. The van der Waals surface area contributed by atoms with E-state index in [9.17, 15) is 9.59 Å². The Labute approximate surface area is 180 Å². The Morgan fingerprint density at radius 2 is 1.83 bits per heavy atom. The number of benzene rings is 2. The number of carbonyl (C=O) groups excluding carboxylic acids is 2. The van der Waals surface area contributed by atoms with Crippen molar-refractivity contribution in [3.63, 3.8) is 0 Å². The Morgan fingerprint density at radius 3 is 2.50 bits per heavy atom. The standard InChI is InChI=1S/C23H23ClN4O2/c1-17-3-7-19(8-4-17)22(29)27-21(15-18-5-9-20(24)10-6-18)23(30)26-11-2-13-28-14-12-25-16-28/h3-10,12,14-16H,2,11,13H2,1H3,(H,26,30)(H,27,29)/b21-15-. The van der Waals surface area contributed by atoms with E-state index in [0.717, 1.165) is 24.1 Å². The molecule has 0 aliphatic carbocycles. The van der Waals surface area contributed by atoms with Crippen LogP contribution in [0.5, 0.6) is 0 Å². The van der Waals surface area contributed by atoms with Crippen molar-refractivity contribution in [2.24, 2.45) is 0 Å². The first kappa shape index (κ1) is 21.3. The number of hydrogen-bond donors (Lipinski definition) is 2. The lowest BCUT2D eigenvalue weighted by Crippen LogP contribution is -2.35. The number of amides is 2. The molecule has 30 heavy (non-hydrogen) atoms. The molecule has 0 aliphatic heterocycles. The maximum Gasteiger partial charge on any atom is 0.267 e. The van der Waals surface area contributed by atoms with Crippen molar-refractivity contribution in [1.82, 2.24) is 20.2 Å². The molecule has 2 amide bonds. The summed E-state index contributed by atoms with van der Waals surface area (Å²) in [5.41, 5.74) is 2.47. The lowest BCUT2D eigenvalue weighted by atomic mass is 10.1. The molecular formula is C23H23ClN4O2. The molecule has 0 saturated carbocycles. The molecular weight excluding hydrogens is 400 g/mol. The third kappa shape index (κ3) is 6.32. The maximum absolute atomic E-state index is 12.8. The molecule has 6 nitrogen and oxygen atoms in total. The molecule has 2 N–H and O–H groups in total. The highest BCUT2D eigenvalue weighted by Crippen LogP contribution is 2.13. The molecule has 0 unspecified atom stereocenters. The lowest BCUT2D eigenvalue weighted by Gasteiger charge is -2.12. The van der Waals surface area contributed by atoms with Gasteiger partial charge in [-0.1, -0.05) is 41.4 Å². The highest BCUT2D eigenvalue weighted by Gasteiger charge is 2.14. The summed E-state index contributed by atoms with van der Waals surface area (Å²) in [7, 11) is 0. The van der Waals surface area contributed by atoms with Crippen molar-refractivity contribution in [2.75, 3.05) is 6.54 Å². The topological polar surface area (TPSA) is 76.0 Å². The molecule has 3 aromatic rings. The first-order chi connectivity index (χ1) is 14.5. The van der Waals surface area contributed by atoms with E-state index >= 15 is 0 Å². The number of rotatable bonds is 8. The van der Waals surface area contributed by atoms with Crippen LogP contribution in [0.25, 0.3) is 6.08 Å². The third-order valence-corrected chi connectivity index (χ3v) is 4.68. The Morgan fingerprint density at radius 1 is 1.10 bits per heavy atom. The Balaban J connectivity index is 1.69. The van der Waals surface area contributed by atoms with E-state index in [2.05, 4.69) is 15.6 Å². The van der Waals surface area contributed by atoms with Crippen LogP contribution in [0.3, 0.4) is 0 Å². The minimum absolute atomic E-state index is 0.172. The minimum atomic E-state index is -0.351. The molecule has 0 atom stereocenters. The van der Waals surface area contributed by atoms with E-state index in [0.29, 0.717) is 17.1 Å². The summed E-state index contributed by atoms with van der Waals surface area (Å²) < 4.78 is 1.94. The van der Waals surface area contributed by atoms with Gasteiger partial charge in [0.2, 0.25) is 0 Å². The number of imidazole rings is 1. The van der Waals surface area contributed by atoms with E-state index in [-0.39, 0.29) is 17.5 Å². The van der Waals surface area contributed by atoms with Gasteiger partial charge in [0.25, 0.3) is 11.8 Å². The molecule has 0 fully saturated rings. The first-order valence-corrected chi connectivity index (χ1v) is 9.98. The highest BCUT2D eigenvalue weighted by molar-refractivity contribution is 6.30. The van der Waals surface area contributed by atoms with Gasteiger partial charge in [0.05, 0.1) is 6.33 Å². The number of aryl methyl sites for hydroxylation is 2. The van der Waals surface area contributed by atoms with Crippen LogP contribution in [0.4, 0.5) is 0 Å². The monoisotopic (exact) mass is 422 g/mol. The molecule has 154 valence electrons. The molecule has 3 rings (SSSR count). The zero-order valence-corrected chi connectivity index (χ0v) is 17.4. The third-order valence-electron chi connectivity index (χ3n) is 4.43. The Hall–Kier alpha value is -3.38. The summed E-state index contributed by atoms with van der Waals surface area (Å²) in [6.45, 7) is 3.16. The number of nitrogens with zero attached hydrogens (tertiary/aromatic N) is 2. The number of aromatic nitrogens is 2. The summed E-state index contributed by atoms with van der Waals surface area (Å²) >= 11 is 5.94. The van der Waals surface area contributed by atoms with Crippen molar-refractivity contribution in [3.8, 4) is 0 Å². The van der Waals surface area contributed by atoms with Crippen molar-refractivity contribution < 1.29 is 9.59 Å². The highest BCUT2D eigenvalue weighted by atomic mass is 35.5. The van der Waals surface area contributed by atoms with Crippen molar-refractivity contribution in [3.05, 3.63) is 94.7 Å². The number of halogens is 1. The predicted molar refractivity (Wildman–Crippen MR) is 118 cm³/mol. The normalized spacial score (nSPS) is 11.2. The fraction of sp³-hybridized carbons (Fsp3) is 0.174. The molecule has 1 aromatic heterocycles. The van der Waals surface area contributed by atoms with E-state index in [1.807, 2.05) is 29.8 Å². The van der Waals surface area contributed by atoms with Gasteiger partial charge in [0.15, 0.2) is 0 Å². The van der Waals surface area contributed by atoms with Gasteiger partial charge >= 0.3 is 0 Å². The van der Waals surface area contributed by atoms with Gasteiger partial charge < -0.3 is 15.2 Å². The Bertz CT molecular complexity index is 1010. The van der Waals surface area contributed by atoms with Crippen LogP contribution in [-0.4, -0.2) is 27.9 Å². The first-order valence-electron chi connectivity index (χ1n) is 9.60. The van der Waals surface area contributed by atoms with E-state index < -0.39 is 0 Å². The van der Waals surface area contributed by atoms with Gasteiger partial charge in [-0.25, -0.2) is 4.98 Å². The van der Waals surface area contributed by atoms with Crippen LogP contribution >= 0.6 is 11.6 Å². The van der Waals surface area contributed by atoms with Crippen LogP contribution in [0, 0.1) is 6.92 Å². The molecule has 7 heteroatoms. The minimum Gasteiger partial charge on any atom is -0.351 e. The summed E-state index contributed by atoms with van der Waals surface area (Å²) in [4.78, 5) is 29.4. The largest absolute Gasteiger partial charge is 0.351 e. The second-order valence-electron chi connectivity index (χ2n) is 6.84. The molecule has 0 spiro atoms. The molecule has 0 aliphatic rings. The van der Waals surface area contributed by atoms with E-state index in [4.69, 9.17) is 11.6 Å². The smallest absolute Gasteiger partial charge is 0.267 e. The van der Waals surface area contributed by atoms with Crippen molar-refractivity contribution in [1.29, 1.82) is 0 Å². The second-order valence-corrected chi connectivity index (χ2v) is 7.28. The summed E-state index contributed by atoms with van der Waals surface area (Å²) in [5, 5.41) is 6.19. The fourth-order valence-corrected chi connectivity index (χ4v) is 2.89. The van der Waals surface area contributed by atoms with Gasteiger partial charge in [-0.3, -0.25) is 9.59 Å². The number of carbonyl (C=O) groups is 2. The average Bonchev–Trinajstić information content (AvgIpc) is 3.26. The Kier molecular flexibility index (Phi) is 7.40. The van der Waals surface area contributed by atoms with Crippen LogP contribution in [0.15, 0.2) is 72.9 Å². The summed E-state index contributed by atoms with van der Waals surface area (Å²) in [6.07, 6.45) is 7.69. The summed E-state index contributed by atoms with van der Waals surface area (Å²) in [6, 6.07) is 14.2. The van der Waals surface area contributed by atoms with Crippen LogP contribution in [0.2, 0.25) is 5.02 Å². The van der Waals surface area contributed by atoms with Gasteiger partial charge in [0.1, 0.15) is 5.70 Å². The van der Waals surface area contributed by atoms with E-state index in [1.165, 1.54) is 0 Å². The SMILES string of the molecule is Cc1ccc(C(=O)N/C(=C\c2ccc(Cl)cc2)C(=O)NCCCn2ccnc2)cc1. The number of hydrogen-bond acceptors (Lipinski definition) is 3. The molecule has 1 heterocycles. The quantitative estimate of drug-likeness (QED) is 0.428. The number of nitrogens with one attached hydrogen (secondary N) is 2.